The van der Waals surface area contributed by atoms with Crippen LogP contribution < -0.4 is 0 Å². The SMILES string of the molecule is COCC(C)C(=O)CC(=O)C(C)OC. The highest BCUT2D eigenvalue weighted by atomic mass is 16.5. The fraction of sp³-hybridized carbons (Fsp3) is 0.800. The lowest BCUT2D eigenvalue weighted by atomic mass is 10.0. The van der Waals surface area contributed by atoms with Gasteiger partial charge in [-0.3, -0.25) is 9.59 Å². The van der Waals surface area contributed by atoms with Gasteiger partial charge in [0.05, 0.1) is 13.0 Å². The maximum absolute atomic E-state index is 11.4. The van der Waals surface area contributed by atoms with E-state index in [2.05, 4.69) is 0 Å². The fourth-order valence-corrected chi connectivity index (χ4v) is 0.964. The van der Waals surface area contributed by atoms with Crippen molar-refractivity contribution >= 4 is 11.6 Å². The Labute approximate surface area is 84.6 Å². The first kappa shape index (κ1) is 13.3. The van der Waals surface area contributed by atoms with Crippen LogP contribution in [0, 0.1) is 5.92 Å². The van der Waals surface area contributed by atoms with Gasteiger partial charge in [-0.15, -0.1) is 0 Å². The molecule has 0 radical (unpaired) electrons. The van der Waals surface area contributed by atoms with Crippen molar-refractivity contribution in [2.75, 3.05) is 20.8 Å². The zero-order valence-electron chi connectivity index (χ0n) is 9.20. The van der Waals surface area contributed by atoms with Crippen LogP contribution in [0.15, 0.2) is 0 Å². The normalized spacial score (nSPS) is 14.9. The lowest BCUT2D eigenvalue weighted by molar-refractivity contribution is -0.134. The van der Waals surface area contributed by atoms with Gasteiger partial charge in [0.15, 0.2) is 5.78 Å². The first-order valence-corrected chi connectivity index (χ1v) is 4.60. The van der Waals surface area contributed by atoms with Crippen molar-refractivity contribution in [2.45, 2.75) is 26.4 Å². The van der Waals surface area contributed by atoms with Crippen LogP contribution in [-0.2, 0) is 19.1 Å². The van der Waals surface area contributed by atoms with E-state index in [4.69, 9.17) is 9.47 Å². The number of hydrogen-bond donors (Lipinski definition) is 0. The average Bonchev–Trinajstić information content (AvgIpc) is 2.16. The summed E-state index contributed by atoms with van der Waals surface area (Å²) in [6, 6.07) is 0. The van der Waals surface area contributed by atoms with Gasteiger partial charge in [0.25, 0.3) is 0 Å². The Morgan fingerprint density at radius 1 is 1.14 bits per heavy atom. The average molecular weight is 202 g/mol. The summed E-state index contributed by atoms with van der Waals surface area (Å²) < 4.78 is 9.65. The Morgan fingerprint density at radius 3 is 2.14 bits per heavy atom. The maximum Gasteiger partial charge on any atom is 0.168 e. The Bertz CT molecular complexity index is 200. The summed E-state index contributed by atoms with van der Waals surface area (Å²) in [6.07, 6.45) is -0.576. The third-order valence-corrected chi connectivity index (χ3v) is 2.12. The van der Waals surface area contributed by atoms with Crippen LogP contribution in [0.5, 0.6) is 0 Å². The molecule has 14 heavy (non-hydrogen) atoms. The minimum absolute atomic E-state index is 0.0699. The van der Waals surface area contributed by atoms with E-state index in [-0.39, 0.29) is 23.9 Å². The van der Waals surface area contributed by atoms with E-state index in [9.17, 15) is 9.59 Å². The highest BCUT2D eigenvalue weighted by molar-refractivity contribution is 6.01. The van der Waals surface area contributed by atoms with Crippen LogP contribution in [0.25, 0.3) is 0 Å². The number of carbonyl (C=O) groups is 2. The second-order valence-electron chi connectivity index (χ2n) is 3.34. The molecule has 82 valence electrons. The molecule has 0 amide bonds. The molecule has 2 atom stereocenters. The topological polar surface area (TPSA) is 52.6 Å². The van der Waals surface area contributed by atoms with Crippen molar-refractivity contribution in [1.82, 2.24) is 0 Å². The molecule has 0 aromatic carbocycles. The van der Waals surface area contributed by atoms with Crippen LogP contribution in [0.1, 0.15) is 20.3 Å². The smallest absolute Gasteiger partial charge is 0.168 e. The van der Waals surface area contributed by atoms with Gasteiger partial charge in [0, 0.05) is 20.1 Å². The third kappa shape index (κ3) is 4.48. The maximum atomic E-state index is 11.4. The summed E-state index contributed by atoms with van der Waals surface area (Å²) in [5, 5.41) is 0. The van der Waals surface area contributed by atoms with E-state index in [0.717, 1.165) is 0 Å². The monoisotopic (exact) mass is 202 g/mol. The molecule has 0 aromatic heterocycles. The van der Waals surface area contributed by atoms with E-state index in [1.807, 2.05) is 0 Å². The molecule has 0 fully saturated rings. The van der Waals surface area contributed by atoms with Gasteiger partial charge in [0.1, 0.15) is 11.9 Å². The fourth-order valence-electron chi connectivity index (χ4n) is 0.964. The highest BCUT2D eigenvalue weighted by Gasteiger charge is 2.20. The number of hydrogen-bond acceptors (Lipinski definition) is 4. The first-order chi connectivity index (χ1) is 6.52. The van der Waals surface area contributed by atoms with E-state index >= 15 is 0 Å². The lowest BCUT2D eigenvalue weighted by Crippen LogP contribution is -2.26. The van der Waals surface area contributed by atoms with Crippen LogP contribution in [0.2, 0.25) is 0 Å². The predicted molar refractivity (Wildman–Crippen MR) is 52.1 cm³/mol. The zero-order chi connectivity index (χ0) is 11.1. The van der Waals surface area contributed by atoms with E-state index < -0.39 is 6.10 Å². The van der Waals surface area contributed by atoms with Gasteiger partial charge in [-0.2, -0.15) is 0 Å². The largest absolute Gasteiger partial charge is 0.384 e. The first-order valence-electron chi connectivity index (χ1n) is 4.60. The summed E-state index contributed by atoms with van der Waals surface area (Å²) in [5.74, 6) is -0.505. The van der Waals surface area contributed by atoms with Crippen LogP contribution >= 0.6 is 0 Å². The van der Waals surface area contributed by atoms with Gasteiger partial charge in [-0.1, -0.05) is 6.92 Å². The summed E-state index contributed by atoms with van der Waals surface area (Å²) in [7, 11) is 2.98. The number of carbonyl (C=O) groups excluding carboxylic acids is 2. The summed E-state index contributed by atoms with van der Waals surface area (Å²) in [5.41, 5.74) is 0. The molecule has 0 spiro atoms. The van der Waals surface area contributed by atoms with Crippen molar-refractivity contribution < 1.29 is 19.1 Å². The van der Waals surface area contributed by atoms with Gasteiger partial charge in [-0.05, 0) is 6.92 Å². The molecule has 4 heteroatoms. The molecule has 0 saturated heterocycles. The summed E-state index contributed by atoms with van der Waals surface area (Å²) >= 11 is 0. The molecule has 4 nitrogen and oxygen atoms in total. The zero-order valence-corrected chi connectivity index (χ0v) is 9.20. The standard InChI is InChI=1S/C10H18O4/c1-7(6-13-3)9(11)5-10(12)8(2)14-4/h7-8H,5-6H2,1-4H3. The van der Waals surface area contributed by atoms with E-state index in [0.29, 0.717) is 6.61 Å². The molecule has 0 aromatic rings. The minimum atomic E-state index is -0.506. The van der Waals surface area contributed by atoms with Gasteiger partial charge in [-0.25, -0.2) is 0 Å². The number of Topliss-reactive ketones (excluding diaryl/α,β-unsaturated/α-hetero) is 2. The van der Waals surface area contributed by atoms with Crippen molar-refractivity contribution in [3.8, 4) is 0 Å². The lowest BCUT2D eigenvalue weighted by Gasteiger charge is -2.11. The number of methoxy groups -OCH3 is 2. The van der Waals surface area contributed by atoms with Crippen molar-refractivity contribution in [2.24, 2.45) is 5.92 Å². The van der Waals surface area contributed by atoms with E-state index in [1.165, 1.54) is 14.2 Å². The molecular formula is C10H18O4. The molecule has 0 bridgehead atoms. The second kappa shape index (κ2) is 6.68. The molecule has 0 aliphatic carbocycles. The van der Waals surface area contributed by atoms with Crippen LogP contribution in [0.3, 0.4) is 0 Å². The second-order valence-corrected chi connectivity index (χ2v) is 3.34. The molecule has 0 rings (SSSR count). The van der Waals surface area contributed by atoms with Gasteiger partial charge < -0.3 is 9.47 Å². The summed E-state index contributed by atoms with van der Waals surface area (Å²) in [4.78, 5) is 22.7. The Morgan fingerprint density at radius 2 is 1.71 bits per heavy atom. The predicted octanol–water partition coefficient (Wildman–Crippen LogP) is 0.832. The Kier molecular flexibility index (Phi) is 6.32. The van der Waals surface area contributed by atoms with Crippen molar-refractivity contribution in [1.29, 1.82) is 0 Å². The number of ketones is 2. The number of rotatable bonds is 7. The minimum Gasteiger partial charge on any atom is -0.384 e. The third-order valence-electron chi connectivity index (χ3n) is 2.12. The van der Waals surface area contributed by atoms with E-state index in [1.54, 1.807) is 13.8 Å². The molecule has 0 heterocycles. The highest BCUT2D eigenvalue weighted by Crippen LogP contribution is 2.04. The summed E-state index contributed by atoms with van der Waals surface area (Å²) in [6.45, 7) is 3.74. The van der Waals surface area contributed by atoms with Crippen LogP contribution in [0.4, 0.5) is 0 Å². The molecular weight excluding hydrogens is 184 g/mol. The molecule has 0 N–H and O–H groups in total. The Balaban J connectivity index is 3.99. The van der Waals surface area contributed by atoms with Gasteiger partial charge >= 0.3 is 0 Å². The quantitative estimate of drug-likeness (QED) is 0.574. The van der Waals surface area contributed by atoms with Crippen LogP contribution in [-0.4, -0.2) is 38.5 Å². The molecule has 0 aliphatic heterocycles. The molecule has 0 aliphatic rings. The number of ether oxygens (including phenoxy) is 2. The van der Waals surface area contributed by atoms with Crippen molar-refractivity contribution in [3.63, 3.8) is 0 Å². The van der Waals surface area contributed by atoms with Gasteiger partial charge in [0.2, 0.25) is 0 Å². The van der Waals surface area contributed by atoms with Crippen molar-refractivity contribution in [3.05, 3.63) is 0 Å². The Hall–Kier alpha value is -0.740. The molecule has 0 saturated carbocycles. The molecule has 2 unspecified atom stereocenters.